The number of nitrogens with zero attached hydrogens (tertiary/aromatic N) is 1. The molecule has 1 N–H and O–H groups in total. The van der Waals surface area contributed by atoms with E-state index in [9.17, 15) is 13.2 Å². The van der Waals surface area contributed by atoms with Crippen LogP contribution >= 0.6 is 23.2 Å². The molecule has 0 radical (unpaired) electrons. The Bertz CT molecular complexity index is 573. The second-order valence-corrected chi connectivity index (χ2v) is 6.37. The van der Waals surface area contributed by atoms with Gasteiger partial charge in [-0.25, -0.2) is 13.2 Å². The average Bonchev–Trinajstić information content (AvgIpc) is 2.21. The minimum Gasteiger partial charge on any atom is -0.480 e. The Hall–Kier alpha value is -0.980. The van der Waals surface area contributed by atoms with Gasteiger partial charge in [-0.15, -0.1) is 0 Å². The van der Waals surface area contributed by atoms with E-state index in [1.165, 1.54) is 25.1 Å². The Morgan fingerprint density at radius 1 is 1.39 bits per heavy atom. The Labute approximate surface area is 115 Å². The smallest absolute Gasteiger partial charge is 0.327 e. The molecule has 0 aliphatic carbocycles. The summed E-state index contributed by atoms with van der Waals surface area (Å²) in [7, 11) is -3.79. The van der Waals surface area contributed by atoms with Gasteiger partial charge in [-0.2, -0.15) is 0 Å². The van der Waals surface area contributed by atoms with Crippen molar-refractivity contribution in [1.82, 2.24) is 0 Å². The molecule has 1 aromatic carbocycles. The van der Waals surface area contributed by atoms with Gasteiger partial charge in [0.05, 0.1) is 17.0 Å². The van der Waals surface area contributed by atoms with Crippen LogP contribution in [-0.2, 0) is 14.8 Å². The molecule has 1 rings (SSSR count). The van der Waals surface area contributed by atoms with E-state index in [-0.39, 0.29) is 15.7 Å². The maximum absolute atomic E-state index is 11.7. The van der Waals surface area contributed by atoms with Crippen LogP contribution in [0.5, 0.6) is 0 Å². The highest BCUT2D eigenvalue weighted by molar-refractivity contribution is 7.92. The zero-order valence-electron chi connectivity index (χ0n) is 9.59. The van der Waals surface area contributed by atoms with Crippen LogP contribution in [0.25, 0.3) is 0 Å². The predicted molar refractivity (Wildman–Crippen MR) is 70.9 cm³/mol. The van der Waals surface area contributed by atoms with Gasteiger partial charge in [0, 0.05) is 5.02 Å². The number of hydrogen-bond donors (Lipinski definition) is 1. The average molecular weight is 312 g/mol. The molecule has 0 saturated heterocycles. The van der Waals surface area contributed by atoms with Gasteiger partial charge in [-0.3, -0.25) is 4.31 Å². The highest BCUT2D eigenvalue weighted by Crippen LogP contribution is 2.32. The molecule has 0 unspecified atom stereocenters. The minimum atomic E-state index is -3.79. The first-order valence-electron chi connectivity index (χ1n) is 4.82. The first-order valence-corrected chi connectivity index (χ1v) is 7.42. The molecular formula is C10H11Cl2NO4S. The number of sulfonamides is 1. The number of anilines is 1. The molecule has 0 bridgehead atoms. The molecule has 0 aliphatic heterocycles. The van der Waals surface area contributed by atoms with Crippen LogP contribution in [0.15, 0.2) is 18.2 Å². The van der Waals surface area contributed by atoms with E-state index in [0.29, 0.717) is 0 Å². The summed E-state index contributed by atoms with van der Waals surface area (Å²) in [5.41, 5.74) is 0.0431. The summed E-state index contributed by atoms with van der Waals surface area (Å²) in [6, 6.07) is 2.92. The van der Waals surface area contributed by atoms with Gasteiger partial charge < -0.3 is 5.11 Å². The quantitative estimate of drug-likeness (QED) is 0.925. The van der Waals surface area contributed by atoms with Crippen molar-refractivity contribution >= 4 is 44.9 Å². The summed E-state index contributed by atoms with van der Waals surface area (Å²) in [6.07, 6.45) is 0.906. The first-order chi connectivity index (χ1) is 8.14. The molecule has 1 atom stereocenters. The highest BCUT2D eigenvalue weighted by atomic mass is 35.5. The van der Waals surface area contributed by atoms with E-state index in [0.717, 1.165) is 10.6 Å². The number of benzene rings is 1. The minimum absolute atomic E-state index is 0.0431. The maximum atomic E-state index is 11.7. The van der Waals surface area contributed by atoms with Gasteiger partial charge >= 0.3 is 5.97 Å². The molecule has 5 nitrogen and oxygen atoms in total. The van der Waals surface area contributed by atoms with Crippen LogP contribution in [0.1, 0.15) is 6.92 Å². The fraction of sp³-hybridized carbons (Fsp3) is 0.300. The number of hydrogen-bond acceptors (Lipinski definition) is 3. The van der Waals surface area contributed by atoms with Crippen LogP contribution in [0.3, 0.4) is 0 Å². The number of rotatable bonds is 4. The van der Waals surface area contributed by atoms with Crippen molar-refractivity contribution in [1.29, 1.82) is 0 Å². The van der Waals surface area contributed by atoms with Crippen molar-refractivity contribution in [3.05, 3.63) is 28.2 Å². The third kappa shape index (κ3) is 3.28. The molecule has 0 spiro atoms. The van der Waals surface area contributed by atoms with Gasteiger partial charge in [0.15, 0.2) is 0 Å². The monoisotopic (exact) mass is 311 g/mol. The topological polar surface area (TPSA) is 74.7 Å². The molecule has 1 aromatic rings. The zero-order chi connectivity index (χ0) is 14.1. The molecular weight excluding hydrogens is 301 g/mol. The van der Waals surface area contributed by atoms with E-state index in [1.807, 2.05) is 0 Å². The van der Waals surface area contributed by atoms with Crippen LogP contribution < -0.4 is 4.31 Å². The molecule has 0 heterocycles. The van der Waals surface area contributed by atoms with Crippen molar-refractivity contribution in [3.8, 4) is 0 Å². The third-order valence-corrected chi connectivity index (χ3v) is 3.99. The molecule has 0 saturated carbocycles. The number of carboxylic acid groups (broad SMARTS) is 1. The Morgan fingerprint density at radius 2 is 1.94 bits per heavy atom. The Kier molecular flexibility index (Phi) is 4.47. The first kappa shape index (κ1) is 15.1. The lowest BCUT2D eigenvalue weighted by molar-refractivity contribution is -0.137. The van der Waals surface area contributed by atoms with E-state index in [2.05, 4.69) is 0 Å². The lowest BCUT2D eigenvalue weighted by atomic mass is 10.2. The summed E-state index contributed by atoms with van der Waals surface area (Å²) >= 11 is 11.7. The standard InChI is InChI=1S/C10H11Cl2NO4S/c1-6(10(14)15)13(18(2,16)17)9-5-7(11)3-4-8(9)12/h3-6H,1-2H3,(H,14,15)/t6-/m0/s1. The lowest BCUT2D eigenvalue weighted by Crippen LogP contribution is -2.43. The van der Waals surface area contributed by atoms with Crippen LogP contribution in [-0.4, -0.2) is 31.8 Å². The number of carbonyl (C=O) groups is 1. The number of aliphatic carboxylic acids is 1. The molecule has 0 aliphatic rings. The Balaban J connectivity index is 3.45. The predicted octanol–water partition coefficient (Wildman–Crippen LogP) is 2.23. The summed E-state index contributed by atoms with van der Waals surface area (Å²) in [5, 5.41) is 9.33. The van der Waals surface area contributed by atoms with Crippen molar-refractivity contribution in [2.45, 2.75) is 13.0 Å². The zero-order valence-corrected chi connectivity index (χ0v) is 11.9. The van der Waals surface area contributed by atoms with Gasteiger partial charge in [-0.05, 0) is 25.1 Å². The highest BCUT2D eigenvalue weighted by Gasteiger charge is 2.30. The van der Waals surface area contributed by atoms with E-state index >= 15 is 0 Å². The van der Waals surface area contributed by atoms with Crippen molar-refractivity contribution in [2.75, 3.05) is 10.6 Å². The van der Waals surface area contributed by atoms with Gasteiger partial charge in [-0.1, -0.05) is 23.2 Å². The third-order valence-electron chi connectivity index (χ3n) is 2.21. The van der Waals surface area contributed by atoms with Crippen molar-refractivity contribution in [3.63, 3.8) is 0 Å². The summed E-state index contributed by atoms with van der Waals surface area (Å²) < 4.78 is 24.1. The van der Waals surface area contributed by atoms with Crippen LogP contribution in [0.4, 0.5) is 5.69 Å². The second kappa shape index (κ2) is 5.34. The lowest BCUT2D eigenvalue weighted by Gasteiger charge is -2.27. The van der Waals surface area contributed by atoms with Crippen LogP contribution in [0, 0.1) is 0 Å². The molecule has 0 aromatic heterocycles. The van der Waals surface area contributed by atoms with E-state index in [1.54, 1.807) is 0 Å². The van der Waals surface area contributed by atoms with E-state index < -0.39 is 22.0 Å². The largest absolute Gasteiger partial charge is 0.480 e. The fourth-order valence-corrected chi connectivity index (χ4v) is 3.03. The van der Waals surface area contributed by atoms with Crippen molar-refractivity contribution in [2.24, 2.45) is 0 Å². The van der Waals surface area contributed by atoms with Gasteiger partial charge in [0.1, 0.15) is 6.04 Å². The molecule has 100 valence electrons. The number of carboxylic acids is 1. The van der Waals surface area contributed by atoms with Crippen molar-refractivity contribution < 1.29 is 18.3 Å². The summed E-state index contributed by atoms with van der Waals surface area (Å²) in [4.78, 5) is 11.0. The molecule has 0 fully saturated rings. The van der Waals surface area contributed by atoms with Gasteiger partial charge in [0.25, 0.3) is 0 Å². The van der Waals surface area contributed by atoms with E-state index in [4.69, 9.17) is 28.3 Å². The van der Waals surface area contributed by atoms with Crippen LogP contribution in [0.2, 0.25) is 10.0 Å². The Morgan fingerprint density at radius 3 is 2.39 bits per heavy atom. The maximum Gasteiger partial charge on any atom is 0.327 e. The number of halogens is 2. The molecule has 0 amide bonds. The summed E-state index contributed by atoms with van der Waals surface area (Å²) in [5.74, 6) is -1.28. The molecule has 8 heteroatoms. The van der Waals surface area contributed by atoms with Gasteiger partial charge in [0.2, 0.25) is 10.0 Å². The normalized spacial score (nSPS) is 13.1. The SMILES string of the molecule is C[C@@H](C(=O)O)N(c1cc(Cl)ccc1Cl)S(C)(=O)=O. The fourth-order valence-electron chi connectivity index (χ4n) is 1.43. The second-order valence-electron chi connectivity index (χ2n) is 3.67. The molecule has 18 heavy (non-hydrogen) atoms. The summed E-state index contributed by atoms with van der Waals surface area (Å²) in [6.45, 7) is 1.25.